The third-order valence-electron chi connectivity index (χ3n) is 1.22. The largest absolute Gasteiger partial charge is 0.275 e. The minimum atomic E-state index is -1.35. The predicted molar refractivity (Wildman–Crippen MR) is 47.8 cm³/mol. The number of rotatable bonds is 1. The van der Waals surface area contributed by atoms with Crippen molar-refractivity contribution in [3.05, 3.63) is 35.1 Å². The van der Waals surface area contributed by atoms with Gasteiger partial charge in [0.05, 0.1) is 5.56 Å². The minimum absolute atomic E-state index is 0.269. The van der Waals surface area contributed by atoms with E-state index in [1.807, 2.05) is 13.8 Å². The van der Waals surface area contributed by atoms with E-state index in [4.69, 9.17) is 11.6 Å². The van der Waals surface area contributed by atoms with Gasteiger partial charge in [-0.25, -0.2) is 13.2 Å². The Morgan fingerprint density at radius 1 is 1.07 bits per heavy atom. The third kappa shape index (κ3) is 3.03. The standard InChI is InChI=1S/C7H2ClF3O.C2H6/c8-7(12)3-1-5(10)6(11)2-4(3)9;1-2/h1-2H;1-2H3. The van der Waals surface area contributed by atoms with Crippen molar-refractivity contribution in [2.75, 3.05) is 0 Å². The third-order valence-corrected chi connectivity index (χ3v) is 1.43. The fraction of sp³-hybridized carbons (Fsp3) is 0.222. The maximum absolute atomic E-state index is 12.6. The van der Waals surface area contributed by atoms with Gasteiger partial charge in [-0.2, -0.15) is 0 Å². The van der Waals surface area contributed by atoms with Crippen LogP contribution in [0.2, 0.25) is 0 Å². The zero-order valence-corrected chi connectivity index (χ0v) is 8.33. The van der Waals surface area contributed by atoms with Gasteiger partial charge in [0.1, 0.15) is 5.82 Å². The lowest BCUT2D eigenvalue weighted by Crippen LogP contribution is -1.98. The summed E-state index contributed by atoms with van der Waals surface area (Å²) in [7, 11) is 0. The smallest absolute Gasteiger partial charge is 0.255 e. The summed E-state index contributed by atoms with van der Waals surface area (Å²) in [5.74, 6) is -3.83. The highest BCUT2D eigenvalue weighted by Gasteiger charge is 2.13. The van der Waals surface area contributed by atoms with Crippen LogP contribution in [0.4, 0.5) is 13.2 Å². The lowest BCUT2D eigenvalue weighted by molar-refractivity contribution is 0.107. The molecule has 0 saturated carbocycles. The second-order valence-electron chi connectivity index (χ2n) is 2.02. The van der Waals surface area contributed by atoms with E-state index in [0.717, 1.165) is 0 Å². The molecule has 0 bridgehead atoms. The molecular weight excluding hydrogens is 217 g/mol. The molecule has 5 heteroatoms. The van der Waals surface area contributed by atoms with E-state index in [9.17, 15) is 18.0 Å². The van der Waals surface area contributed by atoms with Gasteiger partial charge in [0, 0.05) is 6.07 Å². The molecule has 0 unspecified atom stereocenters. The monoisotopic (exact) mass is 224 g/mol. The van der Waals surface area contributed by atoms with Crippen LogP contribution >= 0.6 is 11.6 Å². The first kappa shape index (κ1) is 13.0. The first-order valence-corrected chi connectivity index (χ1v) is 4.24. The molecule has 14 heavy (non-hydrogen) atoms. The van der Waals surface area contributed by atoms with Gasteiger partial charge in [-0.3, -0.25) is 4.79 Å². The van der Waals surface area contributed by atoms with Crippen molar-refractivity contribution in [3.8, 4) is 0 Å². The topological polar surface area (TPSA) is 17.1 Å². The van der Waals surface area contributed by atoms with E-state index in [1.165, 1.54) is 0 Å². The summed E-state index contributed by atoms with van der Waals surface area (Å²) < 4.78 is 37.2. The molecule has 0 aromatic heterocycles. The molecular formula is C9H8ClF3O. The molecule has 1 rings (SSSR count). The highest BCUT2D eigenvalue weighted by atomic mass is 35.5. The molecule has 0 spiro atoms. The van der Waals surface area contributed by atoms with Crippen LogP contribution in [0.1, 0.15) is 24.2 Å². The Hall–Kier alpha value is -1.03. The Bertz CT molecular complexity index is 339. The van der Waals surface area contributed by atoms with E-state index < -0.39 is 28.3 Å². The van der Waals surface area contributed by atoms with Gasteiger partial charge in [-0.15, -0.1) is 0 Å². The zero-order valence-electron chi connectivity index (χ0n) is 7.57. The lowest BCUT2D eigenvalue weighted by atomic mass is 10.2. The van der Waals surface area contributed by atoms with Gasteiger partial charge < -0.3 is 0 Å². The van der Waals surface area contributed by atoms with E-state index in [0.29, 0.717) is 6.07 Å². The molecule has 0 aliphatic rings. The molecule has 78 valence electrons. The van der Waals surface area contributed by atoms with Gasteiger partial charge in [-0.1, -0.05) is 13.8 Å². The Labute approximate surface area is 84.5 Å². The first-order chi connectivity index (χ1) is 6.52. The molecule has 1 aromatic rings. The van der Waals surface area contributed by atoms with Gasteiger partial charge in [-0.05, 0) is 17.7 Å². The minimum Gasteiger partial charge on any atom is -0.275 e. The van der Waals surface area contributed by atoms with E-state index >= 15 is 0 Å². The number of hydrogen-bond donors (Lipinski definition) is 0. The highest BCUT2D eigenvalue weighted by molar-refractivity contribution is 6.67. The maximum atomic E-state index is 12.6. The van der Waals surface area contributed by atoms with Crippen LogP contribution in [0.5, 0.6) is 0 Å². The summed E-state index contributed by atoms with van der Waals surface area (Å²) in [4.78, 5) is 10.4. The zero-order chi connectivity index (χ0) is 11.3. The SMILES string of the molecule is CC.O=C(Cl)c1cc(F)c(F)cc1F. The van der Waals surface area contributed by atoms with Gasteiger partial charge in [0.2, 0.25) is 0 Å². The molecule has 0 atom stereocenters. The summed E-state index contributed by atoms with van der Waals surface area (Å²) >= 11 is 4.86. The molecule has 0 N–H and O–H groups in total. The van der Waals surface area contributed by atoms with Crippen LogP contribution in [0.25, 0.3) is 0 Å². The lowest BCUT2D eigenvalue weighted by Gasteiger charge is -1.97. The van der Waals surface area contributed by atoms with Crippen molar-refractivity contribution >= 4 is 16.8 Å². The summed E-state index contributed by atoms with van der Waals surface area (Å²) in [5, 5.41) is -1.16. The number of benzene rings is 1. The van der Waals surface area contributed by atoms with Crippen LogP contribution in [-0.4, -0.2) is 5.24 Å². The summed E-state index contributed by atoms with van der Waals surface area (Å²) in [6.07, 6.45) is 0. The number of halogens is 4. The predicted octanol–water partition coefficient (Wildman–Crippen LogP) is 3.51. The normalized spacial score (nSPS) is 9.00. The van der Waals surface area contributed by atoms with Crippen molar-refractivity contribution < 1.29 is 18.0 Å². The van der Waals surface area contributed by atoms with Crippen molar-refractivity contribution in [1.82, 2.24) is 0 Å². The van der Waals surface area contributed by atoms with Crippen molar-refractivity contribution in [1.29, 1.82) is 0 Å². The van der Waals surface area contributed by atoms with Crippen LogP contribution < -0.4 is 0 Å². The molecule has 0 fully saturated rings. The molecule has 0 amide bonds. The molecule has 1 nitrogen and oxygen atoms in total. The fourth-order valence-electron chi connectivity index (χ4n) is 0.673. The average molecular weight is 225 g/mol. The maximum Gasteiger partial charge on any atom is 0.255 e. The number of carbonyl (C=O) groups excluding carboxylic acids is 1. The highest BCUT2D eigenvalue weighted by Crippen LogP contribution is 2.15. The van der Waals surface area contributed by atoms with Crippen LogP contribution in [-0.2, 0) is 0 Å². The molecule has 1 aromatic carbocycles. The Kier molecular flexibility index (Phi) is 5.23. The second kappa shape index (κ2) is 5.65. The van der Waals surface area contributed by atoms with Gasteiger partial charge in [0.25, 0.3) is 5.24 Å². The quantitative estimate of drug-likeness (QED) is 0.527. The number of hydrogen-bond acceptors (Lipinski definition) is 1. The number of carbonyl (C=O) groups is 1. The summed E-state index contributed by atoms with van der Waals surface area (Å²) in [6, 6.07) is 0.685. The van der Waals surface area contributed by atoms with E-state index in [-0.39, 0.29) is 6.07 Å². The fourth-order valence-corrected chi connectivity index (χ4v) is 0.818. The Morgan fingerprint density at radius 3 is 1.93 bits per heavy atom. The van der Waals surface area contributed by atoms with Crippen LogP contribution in [0.3, 0.4) is 0 Å². The van der Waals surface area contributed by atoms with Crippen LogP contribution in [0, 0.1) is 17.5 Å². The Balaban J connectivity index is 0.000000791. The second-order valence-corrected chi connectivity index (χ2v) is 2.36. The summed E-state index contributed by atoms with van der Waals surface area (Å²) in [6.45, 7) is 4.00. The summed E-state index contributed by atoms with van der Waals surface area (Å²) in [5.41, 5.74) is -0.671. The molecule has 0 heterocycles. The van der Waals surface area contributed by atoms with E-state index in [2.05, 4.69) is 0 Å². The molecule has 0 aliphatic heterocycles. The van der Waals surface area contributed by atoms with Gasteiger partial charge in [0.15, 0.2) is 11.6 Å². The molecule has 0 aliphatic carbocycles. The van der Waals surface area contributed by atoms with E-state index in [1.54, 1.807) is 0 Å². The first-order valence-electron chi connectivity index (χ1n) is 3.86. The molecule has 0 radical (unpaired) electrons. The van der Waals surface area contributed by atoms with Gasteiger partial charge >= 0.3 is 0 Å². The average Bonchev–Trinajstić information content (AvgIpc) is 2.14. The molecule has 0 saturated heterocycles. The van der Waals surface area contributed by atoms with Crippen molar-refractivity contribution in [3.63, 3.8) is 0 Å². The van der Waals surface area contributed by atoms with Crippen molar-refractivity contribution in [2.24, 2.45) is 0 Å². The van der Waals surface area contributed by atoms with Crippen molar-refractivity contribution in [2.45, 2.75) is 13.8 Å². The Morgan fingerprint density at radius 2 is 1.50 bits per heavy atom. The van der Waals surface area contributed by atoms with Crippen LogP contribution in [0.15, 0.2) is 12.1 Å².